The molecule has 0 radical (unpaired) electrons. The molecule has 0 aromatic heterocycles. The Kier molecular flexibility index (Phi) is 6.60. The first-order valence-electron chi connectivity index (χ1n) is 9.08. The summed E-state index contributed by atoms with van der Waals surface area (Å²) in [6.45, 7) is 12.7. The van der Waals surface area contributed by atoms with Gasteiger partial charge < -0.3 is 8.85 Å². The quantitative estimate of drug-likeness (QED) is 0.372. The molecule has 0 bridgehead atoms. The lowest BCUT2D eigenvalue weighted by atomic mass is 10.2. The van der Waals surface area contributed by atoms with Crippen LogP contribution in [0.25, 0.3) is 0 Å². The van der Waals surface area contributed by atoms with E-state index in [0.29, 0.717) is 5.75 Å². The van der Waals surface area contributed by atoms with E-state index in [2.05, 4.69) is 57.4 Å². The Morgan fingerprint density at radius 2 is 1.23 bits per heavy atom. The fourth-order valence-corrected chi connectivity index (χ4v) is 12.3. The Morgan fingerprint density at radius 3 is 1.65 bits per heavy atom. The topological polar surface area (TPSA) is 35.5 Å². The second kappa shape index (κ2) is 8.33. The maximum Gasteiger partial charge on any atom is 0.308 e. The average Bonchev–Trinajstić information content (AvgIpc) is 2.49. The Morgan fingerprint density at radius 1 is 0.808 bits per heavy atom. The van der Waals surface area contributed by atoms with Crippen molar-refractivity contribution in [3.05, 3.63) is 65.2 Å². The Balaban J connectivity index is 1.99. The lowest BCUT2D eigenvalue weighted by Crippen LogP contribution is -2.47. The van der Waals surface area contributed by atoms with Crippen molar-refractivity contribution in [3.8, 4) is 5.75 Å². The van der Waals surface area contributed by atoms with Gasteiger partial charge in [-0.05, 0) is 68.5 Å². The molecular weight excluding hydrogens is 356 g/mol. The molecule has 140 valence electrons. The van der Waals surface area contributed by atoms with Crippen molar-refractivity contribution in [1.82, 2.24) is 0 Å². The molecule has 0 aliphatic heterocycles. The van der Waals surface area contributed by atoms with Crippen LogP contribution < -0.4 is 4.74 Å². The van der Waals surface area contributed by atoms with Crippen molar-refractivity contribution in [1.29, 1.82) is 0 Å². The second-order valence-electron chi connectivity index (χ2n) is 8.20. The van der Waals surface area contributed by atoms with Gasteiger partial charge in [-0.1, -0.05) is 42.0 Å². The van der Waals surface area contributed by atoms with Crippen LogP contribution in [0.2, 0.25) is 26.2 Å². The van der Waals surface area contributed by atoms with E-state index in [9.17, 15) is 4.79 Å². The highest BCUT2D eigenvalue weighted by Crippen LogP contribution is 2.23. The Labute approximate surface area is 159 Å². The summed E-state index contributed by atoms with van der Waals surface area (Å²) in [5, 5.41) is 0. The van der Waals surface area contributed by atoms with E-state index in [1.165, 1.54) is 23.6 Å². The highest BCUT2D eigenvalue weighted by molar-refractivity contribution is 6.84. The van der Waals surface area contributed by atoms with E-state index in [0.717, 1.165) is 12.1 Å². The van der Waals surface area contributed by atoms with Gasteiger partial charge in [-0.2, -0.15) is 0 Å². The predicted octanol–water partition coefficient (Wildman–Crippen LogP) is 5.21. The van der Waals surface area contributed by atoms with Crippen LogP contribution in [-0.4, -0.2) is 22.6 Å². The van der Waals surface area contributed by atoms with Crippen LogP contribution in [0.4, 0.5) is 0 Å². The summed E-state index contributed by atoms with van der Waals surface area (Å²) in [5.41, 5.74) is 3.89. The monoisotopic (exact) mass is 386 g/mol. The van der Waals surface area contributed by atoms with Crippen molar-refractivity contribution in [2.24, 2.45) is 0 Å². The third-order valence-electron chi connectivity index (χ3n) is 4.12. The zero-order valence-electron chi connectivity index (χ0n) is 16.8. The van der Waals surface area contributed by atoms with Gasteiger partial charge in [-0.3, -0.25) is 4.79 Å². The minimum Gasteiger partial charge on any atom is -0.455 e. The Bertz CT molecular complexity index is 735. The van der Waals surface area contributed by atoms with Crippen molar-refractivity contribution in [2.45, 2.75) is 52.1 Å². The standard InChI is InChI=1S/C21H30O3Si2/c1-17-7-9-19(10-8-17)15-25(3,4)24-26(5,6)16-20-11-13-21(14-12-20)23-18(2)22/h7-14H,15-16H2,1-6H3. The first kappa shape index (κ1) is 20.6. The molecule has 0 spiro atoms. The van der Waals surface area contributed by atoms with E-state index in [-0.39, 0.29) is 5.97 Å². The molecule has 2 rings (SSSR count). The molecule has 0 heterocycles. The minimum atomic E-state index is -1.84. The molecule has 0 saturated heterocycles. The molecule has 2 aromatic rings. The van der Waals surface area contributed by atoms with Crippen molar-refractivity contribution >= 4 is 22.6 Å². The molecule has 0 atom stereocenters. The maximum atomic E-state index is 11.0. The fraction of sp³-hybridized carbons (Fsp3) is 0.381. The zero-order valence-corrected chi connectivity index (χ0v) is 18.8. The molecular formula is C21H30O3Si2. The highest BCUT2D eigenvalue weighted by Gasteiger charge is 2.33. The van der Waals surface area contributed by atoms with Crippen LogP contribution in [0.3, 0.4) is 0 Å². The number of benzene rings is 2. The molecule has 0 amide bonds. The van der Waals surface area contributed by atoms with Crippen molar-refractivity contribution in [3.63, 3.8) is 0 Å². The number of carbonyl (C=O) groups excluding carboxylic acids is 1. The predicted molar refractivity (Wildman–Crippen MR) is 112 cm³/mol. The molecule has 0 fully saturated rings. The summed E-state index contributed by atoms with van der Waals surface area (Å²) in [6, 6.07) is 18.6. The number of aryl methyl sites for hydroxylation is 1. The van der Waals surface area contributed by atoms with Crippen LogP contribution in [-0.2, 0) is 21.0 Å². The summed E-state index contributed by atoms with van der Waals surface area (Å²) in [5.74, 6) is 0.301. The highest BCUT2D eigenvalue weighted by atomic mass is 28.4. The van der Waals surface area contributed by atoms with Gasteiger partial charge in [0.2, 0.25) is 0 Å². The molecule has 0 N–H and O–H groups in total. The number of ether oxygens (including phenoxy) is 1. The van der Waals surface area contributed by atoms with Crippen LogP contribution in [0, 0.1) is 6.92 Å². The van der Waals surface area contributed by atoms with Gasteiger partial charge in [0.05, 0.1) is 0 Å². The first-order chi connectivity index (χ1) is 12.0. The van der Waals surface area contributed by atoms with Crippen molar-refractivity contribution in [2.75, 3.05) is 0 Å². The zero-order chi connectivity index (χ0) is 19.4. The van der Waals surface area contributed by atoms with Gasteiger partial charge in [-0.25, -0.2) is 0 Å². The van der Waals surface area contributed by atoms with Gasteiger partial charge in [0.1, 0.15) is 5.75 Å². The molecule has 5 heteroatoms. The third-order valence-corrected chi connectivity index (χ3v) is 11.1. The molecule has 0 aliphatic carbocycles. The van der Waals surface area contributed by atoms with E-state index in [1.54, 1.807) is 0 Å². The Hall–Kier alpha value is -1.70. The number of hydrogen-bond donors (Lipinski definition) is 0. The molecule has 0 aliphatic rings. The van der Waals surface area contributed by atoms with Gasteiger partial charge in [0.15, 0.2) is 16.6 Å². The third kappa shape index (κ3) is 6.90. The van der Waals surface area contributed by atoms with Crippen LogP contribution in [0.5, 0.6) is 5.75 Å². The minimum absolute atomic E-state index is 0.292. The van der Waals surface area contributed by atoms with Crippen LogP contribution in [0.1, 0.15) is 23.6 Å². The summed E-state index contributed by atoms with van der Waals surface area (Å²) in [4.78, 5) is 11.0. The van der Waals surface area contributed by atoms with E-state index in [1.807, 2.05) is 24.3 Å². The van der Waals surface area contributed by atoms with Crippen LogP contribution in [0.15, 0.2) is 48.5 Å². The van der Waals surface area contributed by atoms with E-state index < -0.39 is 16.6 Å². The number of carbonyl (C=O) groups is 1. The SMILES string of the molecule is CC(=O)Oc1ccc(C[Si](C)(C)O[Si](C)(C)Cc2ccc(C)cc2)cc1. The van der Waals surface area contributed by atoms with E-state index in [4.69, 9.17) is 8.85 Å². The second-order valence-corrected chi connectivity index (χ2v) is 16.8. The summed E-state index contributed by atoms with van der Waals surface area (Å²) in [7, 11) is -3.63. The van der Waals surface area contributed by atoms with Gasteiger partial charge in [0, 0.05) is 6.92 Å². The number of rotatable bonds is 7. The summed E-state index contributed by atoms with van der Waals surface area (Å²) >= 11 is 0. The fourth-order valence-electron chi connectivity index (χ4n) is 3.35. The smallest absolute Gasteiger partial charge is 0.308 e. The first-order valence-corrected chi connectivity index (χ1v) is 15.3. The van der Waals surface area contributed by atoms with E-state index >= 15 is 0 Å². The summed E-state index contributed by atoms with van der Waals surface area (Å²) < 4.78 is 11.9. The maximum absolute atomic E-state index is 11.0. The molecule has 26 heavy (non-hydrogen) atoms. The average molecular weight is 387 g/mol. The molecule has 2 aromatic carbocycles. The van der Waals surface area contributed by atoms with Gasteiger partial charge in [-0.15, -0.1) is 0 Å². The largest absolute Gasteiger partial charge is 0.455 e. The normalized spacial score (nSPS) is 12.1. The summed E-state index contributed by atoms with van der Waals surface area (Å²) in [6.07, 6.45) is 0. The number of hydrogen-bond acceptors (Lipinski definition) is 3. The number of esters is 1. The molecule has 0 saturated carbocycles. The van der Waals surface area contributed by atoms with Gasteiger partial charge in [0.25, 0.3) is 0 Å². The lowest BCUT2D eigenvalue weighted by molar-refractivity contribution is -0.131. The van der Waals surface area contributed by atoms with Gasteiger partial charge >= 0.3 is 5.97 Å². The van der Waals surface area contributed by atoms with Crippen molar-refractivity contribution < 1.29 is 13.6 Å². The van der Waals surface area contributed by atoms with Crippen LogP contribution >= 0.6 is 0 Å². The lowest BCUT2D eigenvalue weighted by Gasteiger charge is -2.34. The molecule has 0 unspecified atom stereocenters. The molecule has 3 nitrogen and oxygen atoms in total.